The zero-order valence-corrected chi connectivity index (χ0v) is 12.9. The van der Waals surface area contributed by atoms with Crippen molar-refractivity contribution in [3.63, 3.8) is 0 Å². The van der Waals surface area contributed by atoms with Crippen LogP contribution >= 0.6 is 23.2 Å². The summed E-state index contributed by atoms with van der Waals surface area (Å²) in [5.41, 5.74) is 1.56. The first kappa shape index (κ1) is 15.7. The van der Waals surface area contributed by atoms with E-state index in [9.17, 15) is 9.90 Å². The van der Waals surface area contributed by atoms with Crippen molar-refractivity contribution >= 4 is 29.2 Å². The van der Waals surface area contributed by atoms with Crippen molar-refractivity contribution in [2.45, 2.75) is 19.4 Å². The van der Waals surface area contributed by atoms with Gasteiger partial charge >= 0.3 is 5.97 Å². The van der Waals surface area contributed by atoms with Crippen LogP contribution in [-0.2, 0) is 11.2 Å². The Morgan fingerprint density at radius 2 is 1.90 bits per heavy atom. The van der Waals surface area contributed by atoms with Crippen LogP contribution in [0.4, 0.5) is 0 Å². The maximum atomic E-state index is 11.4. The average molecular weight is 325 g/mol. The Balaban J connectivity index is 2.18. The van der Waals surface area contributed by atoms with E-state index in [1.165, 1.54) is 0 Å². The molecule has 0 saturated heterocycles. The maximum Gasteiger partial charge on any atom is 0.345 e. The van der Waals surface area contributed by atoms with Gasteiger partial charge in [0.1, 0.15) is 5.75 Å². The van der Waals surface area contributed by atoms with E-state index in [-0.39, 0.29) is 6.42 Å². The smallest absolute Gasteiger partial charge is 0.345 e. The van der Waals surface area contributed by atoms with Crippen LogP contribution in [0.15, 0.2) is 42.5 Å². The molecule has 0 radical (unpaired) electrons. The van der Waals surface area contributed by atoms with Gasteiger partial charge in [0.05, 0.1) is 0 Å². The third kappa shape index (κ3) is 4.13. The number of carboxylic acid groups (broad SMARTS) is 1. The molecule has 0 aliphatic rings. The summed E-state index contributed by atoms with van der Waals surface area (Å²) in [5, 5.41) is 10.5. The molecule has 2 rings (SSSR count). The highest BCUT2D eigenvalue weighted by Crippen LogP contribution is 2.24. The summed E-state index contributed by atoms with van der Waals surface area (Å²) in [7, 11) is 0. The fraction of sp³-hybridized carbons (Fsp3) is 0.188. The first-order chi connectivity index (χ1) is 9.97. The zero-order valence-electron chi connectivity index (χ0n) is 11.3. The van der Waals surface area contributed by atoms with Gasteiger partial charge in [0.25, 0.3) is 0 Å². The summed E-state index contributed by atoms with van der Waals surface area (Å²) in [4.78, 5) is 11.4. The molecular weight excluding hydrogens is 311 g/mol. The van der Waals surface area contributed by atoms with Gasteiger partial charge in [-0.05, 0) is 42.3 Å². The highest BCUT2D eigenvalue weighted by molar-refractivity contribution is 6.31. The molecule has 0 aromatic heterocycles. The maximum absolute atomic E-state index is 11.4. The molecule has 110 valence electrons. The minimum absolute atomic E-state index is 0.191. The SMILES string of the molecule is Cc1cc(O[C@@H](Cc2ccccc2Cl)C(=O)O)ccc1Cl. The number of rotatable bonds is 5. The second-order valence-corrected chi connectivity index (χ2v) is 5.47. The molecule has 0 heterocycles. The Morgan fingerprint density at radius 1 is 1.19 bits per heavy atom. The number of aliphatic carboxylic acids is 1. The highest BCUT2D eigenvalue weighted by Gasteiger charge is 2.21. The minimum atomic E-state index is -1.04. The lowest BCUT2D eigenvalue weighted by atomic mass is 10.1. The van der Waals surface area contributed by atoms with E-state index in [2.05, 4.69) is 0 Å². The van der Waals surface area contributed by atoms with Crippen LogP contribution in [0, 0.1) is 6.92 Å². The fourth-order valence-corrected chi connectivity index (χ4v) is 2.23. The second-order valence-electron chi connectivity index (χ2n) is 4.65. The van der Waals surface area contributed by atoms with Crippen LogP contribution in [0.25, 0.3) is 0 Å². The summed E-state index contributed by atoms with van der Waals surface area (Å²) in [6, 6.07) is 12.2. The van der Waals surface area contributed by atoms with Gasteiger partial charge < -0.3 is 9.84 Å². The summed E-state index contributed by atoms with van der Waals surface area (Å²) in [5.74, 6) is -0.570. The molecule has 3 nitrogen and oxygen atoms in total. The van der Waals surface area contributed by atoms with Gasteiger partial charge in [0.15, 0.2) is 6.10 Å². The number of carboxylic acids is 1. The van der Waals surface area contributed by atoms with Crippen LogP contribution in [0.5, 0.6) is 5.75 Å². The van der Waals surface area contributed by atoms with Gasteiger partial charge in [-0.15, -0.1) is 0 Å². The van der Waals surface area contributed by atoms with Gasteiger partial charge in [-0.25, -0.2) is 4.79 Å². The van der Waals surface area contributed by atoms with E-state index >= 15 is 0 Å². The van der Waals surface area contributed by atoms with Crippen molar-refractivity contribution in [3.05, 3.63) is 63.6 Å². The quantitative estimate of drug-likeness (QED) is 0.887. The van der Waals surface area contributed by atoms with E-state index in [4.69, 9.17) is 27.9 Å². The van der Waals surface area contributed by atoms with Crippen molar-refractivity contribution < 1.29 is 14.6 Å². The summed E-state index contributed by atoms with van der Waals surface area (Å²) >= 11 is 12.0. The number of hydrogen-bond donors (Lipinski definition) is 1. The molecule has 1 N–H and O–H groups in total. The number of aryl methyl sites for hydroxylation is 1. The molecular formula is C16H14Cl2O3. The van der Waals surface area contributed by atoms with Crippen LogP contribution in [0.3, 0.4) is 0 Å². The molecule has 0 spiro atoms. The monoisotopic (exact) mass is 324 g/mol. The second kappa shape index (κ2) is 6.83. The number of ether oxygens (including phenoxy) is 1. The number of benzene rings is 2. The lowest BCUT2D eigenvalue weighted by molar-refractivity contribution is -0.145. The molecule has 0 unspecified atom stereocenters. The van der Waals surface area contributed by atoms with Gasteiger partial charge in [-0.1, -0.05) is 41.4 Å². The Hall–Kier alpha value is -1.71. The van der Waals surface area contributed by atoms with Gasteiger partial charge in [0.2, 0.25) is 0 Å². The predicted octanol–water partition coefficient (Wildman–Crippen LogP) is 4.38. The van der Waals surface area contributed by atoms with E-state index in [1.807, 2.05) is 13.0 Å². The molecule has 5 heteroatoms. The zero-order chi connectivity index (χ0) is 15.4. The van der Waals surface area contributed by atoms with Crippen LogP contribution in [-0.4, -0.2) is 17.2 Å². The lowest BCUT2D eigenvalue weighted by Crippen LogP contribution is -2.29. The number of carbonyl (C=O) groups is 1. The van der Waals surface area contributed by atoms with E-state index < -0.39 is 12.1 Å². The molecule has 0 amide bonds. The Kier molecular flexibility index (Phi) is 5.10. The molecule has 0 aliphatic carbocycles. The lowest BCUT2D eigenvalue weighted by Gasteiger charge is -2.16. The van der Waals surface area contributed by atoms with Gasteiger partial charge in [-0.3, -0.25) is 0 Å². The summed E-state index contributed by atoms with van der Waals surface area (Å²) < 4.78 is 5.55. The van der Waals surface area contributed by atoms with E-state index in [0.717, 1.165) is 11.1 Å². The van der Waals surface area contributed by atoms with Crippen LogP contribution in [0.1, 0.15) is 11.1 Å². The molecule has 0 bridgehead atoms. The molecule has 21 heavy (non-hydrogen) atoms. The summed E-state index contributed by atoms with van der Waals surface area (Å²) in [6.45, 7) is 1.83. The standard InChI is InChI=1S/C16H14Cl2O3/c1-10-8-12(6-7-13(10)17)21-15(16(19)20)9-11-4-2-3-5-14(11)18/h2-8,15H,9H2,1H3,(H,19,20)/t15-/m0/s1. The molecule has 0 saturated carbocycles. The van der Waals surface area contributed by atoms with E-state index in [0.29, 0.717) is 15.8 Å². The van der Waals surface area contributed by atoms with E-state index in [1.54, 1.807) is 36.4 Å². The van der Waals surface area contributed by atoms with Crippen LogP contribution < -0.4 is 4.74 Å². The normalized spacial score (nSPS) is 12.0. The Labute approximate surface area is 133 Å². The fourth-order valence-electron chi connectivity index (χ4n) is 1.90. The van der Waals surface area contributed by atoms with Crippen molar-refractivity contribution in [2.75, 3.05) is 0 Å². The third-order valence-corrected chi connectivity index (χ3v) is 3.84. The molecule has 0 fully saturated rings. The minimum Gasteiger partial charge on any atom is -0.478 e. The first-order valence-corrected chi connectivity index (χ1v) is 7.12. The molecule has 0 aliphatic heterocycles. The average Bonchev–Trinajstić information content (AvgIpc) is 2.44. The Bertz CT molecular complexity index is 656. The molecule has 1 atom stereocenters. The van der Waals surface area contributed by atoms with Gasteiger partial charge in [0, 0.05) is 16.5 Å². The van der Waals surface area contributed by atoms with Crippen molar-refractivity contribution in [2.24, 2.45) is 0 Å². The van der Waals surface area contributed by atoms with Gasteiger partial charge in [-0.2, -0.15) is 0 Å². The van der Waals surface area contributed by atoms with Crippen molar-refractivity contribution in [1.29, 1.82) is 0 Å². The first-order valence-electron chi connectivity index (χ1n) is 6.36. The number of hydrogen-bond acceptors (Lipinski definition) is 2. The molecule has 2 aromatic rings. The summed E-state index contributed by atoms with van der Waals surface area (Å²) in [6.07, 6.45) is -0.818. The Morgan fingerprint density at radius 3 is 2.52 bits per heavy atom. The topological polar surface area (TPSA) is 46.5 Å². The van der Waals surface area contributed by atoms with Crippen molar-refractivity contribution in [1.82, 2.24) is 0 Å². The highest BCUT2D eigenvalue weighted by atomic mass is 35.5. The van der Waals surface area contributed by atoms with Crippen molar-refractivity contribution in [3.8, 4) is 5.75 Å². The third-order valence-electron chi connectivity index (χ3n) is 3.05. The molecule has 2 aromatic carbocycles. The number of halogens is 2. The predicted molar refractivity (Wildman–Crippen MR) is 83.4 cm³/mol. The largest absolute Gasteiger partial charge is 0.478 e. The van der Waals surface area contributed by atoms with Crippen LogP contribution in [0.2, 0.25) is 10.0 Å².